The summed E-state index contributed by atoms with van der Waals surface area (Å²) in [4.78, 5) is 9.37. The minimum Gasteiger partial charge on any atom is -0.385 e. The molecule has 1 saturated heterocycles. The van der Waals surface area contributed by atoms with Crippen LogP contribution in [0.25, 0.3) is 0 Å². The Morgan fingerprint density at radius 3 is 2.36 bits per heavy atom. The molecule has 0 bridgehead atoms. The van der Waals surface area contributed by atoms with Crippen molar-refractivity contribution in [2.75, 3.05) is 37.6 Å². The van der Waals surface area contributed by atoms with Crippen LogP contribution in [0.1, 0.15) is 37.7 Å². The Morgan fingerprint density at radius 1 is 1.00 bits per heavy atom. The van der Waals surface area contributed by atoms with Crippen molar-refractivity contribution < 1.29 is 9.50 Å². The van der Waals surface area contributed by atoms with Crippen molar-refractivity contribution in [1.82, 2.24) is 9.88 Å². The number of piperazine rings is 1. The van der Waals surface area contributed by atoms with E-state index in [0.29, 0.717) is 5.92 Å². The summed E-state index contributed by atoms with van der Waals surface area (Å²) in [6.45, 7) is 5.37. The molecule has 1 aliphatic carbocycles. The van der Waals surface area contributed by atoms with Gasteiger partial charge in [0.2, 0.25) is 0 Å². The second-order valence-electron chi connectivity index (χ2n) is 8.29. The molecule has 2 aliphatic rings. The lowest BCUT2D eigenvalue weighted by Crippen LogP contribution is -2.47. The maximum Gasteiger partial charge on any atom is 0.128 e. The molecule has 4 rings (SSSR count). The smallest absolute Gasteiger partial charge is 0.128 e. The molecule has 5 heteroatoms. The number of hydrogen-bond acceptors (Lipinski definition) is 4. The van der Waals surface area contributed by atoms with Gasteiger partial charge in [0.15, 0.2) is 0 Å². The van der Waals surface area contributed by atoms with E-state index in [2.05, 4.69) is 20.9 Å². The maximum absolute atomic E-state index is 13.1. The molecule has 1 saturated carbocycles. The van der Waals surface area contributed by atoms with Crippen LogP contribution in [0.5, 0.6) is 0 Å². The van der Waals surface area contributed by atoms with Gasteiger partial charge in [-0.3, -0.25) is 4.90 Å². The first-order valence-electron chi connectivity index (χ1n) is 10.5. The zero-order chi connectivity index (χ0) is 19.4. The molecular weight excluding hydrogens is 353 g/mol. The van der Waals surface area contributed by atoms with Gasteiger partial charge in [-0.05, 0) is 74.4 Å². The number of nitrogens with zero attached hydrogens (tertiary/aromatic N) is 3. The minimum absolute atomic E-state index is 0.246. The van der Waals surface area contributed by atoms with Crippen LogP contribution >= 0.6 is 0 Å². The van der Waals surface area contributed by atoms with Crippen molar-refractivity contribution in [2.45, 2.75) is 37.7 Å². The Hall–Kier alpha value is -1.98. The highest BCUT2D eigenvalue weighted by Crippen LogP contribution is 2.40. The van der Waals surface area contributed by atoms with Crippen LogP contribution in [-0.4, -0.2) is 47.7 Å². The van der Waals surface area contributed by atoms with Gasteiger partial charge < -0.3 is 10.0 Å². The van der Waals surface area contributed by atoms with Gasteiger partial charge in [-0.15, -0.1) is 0 Å². The third-order valence-electron chi connectivity index (χ3n) is 6.51. The molecule has 1 aromatic carbocycles. The molecule has 0 unspecified atom stereocenters. The Kier molecular flexibility index (Phi) is 5.93. The fourth-order valence-corrected chi connectivity index (χ4v) is 4.60. The molecular formula is C23H30FN3O. The number of pyridine rings is 1. The van der Waals surface area contributed by atoms with E-state index in [4.69, 9.17) is 0 Å². The average Bonchev–Trinajstić information content (AvgIpc) is 2.75. The molecule has 150 valence electrons. The summed E-state index contributed by atoms with van der Waals surface area (Å²) in [5, 5.41) is 11.0. The van der Waals surface area contributed by atoms with E-state index in [1.165, 1.54) is 18.6 Å². The van der Waals surface area contributed by atoms with Crippen LogP contribution in [0.4, 0.5) is 10.2 Å². The summed E-state index contributed by atoms with van der Waals surface area (Å²) in [7, 11) is 0. The summed E-state index contributed by atoms with van der Waals surface area (Å²) in [5.41, 5.74) is 0.0800. The lowest BCUT2D eigenvalue weighted by molar-refractivity contribution is -0.0162. The van der Waals surface area contributed by atoms with Crippen molar-refractivity contribution in [3.63, 3.8) is 0 Å². The summed E-state index contributed by atoms with van der Waals surface area (Å²) in [5.74, 6) is 1.51. The van der Waals surface area contributed by atoms with Crippen LogP contribution in [0.15, 0.2) is 48.7 Å². The third-order valence-corrected chi connectivity index (χ3v) is 6.51. The SMILES string of the molecule is OC1(c2ccc(F)cc2)CCC(CCN2CCN(c3ccccn3)CC2)CC1. The number of anilines is 1. The molecule has 1 aromatic heterocycles. The van der Waals surface area contributed by atoms with Crippen molar-refractivity contribution in [1.29, 1.82) is 0 Å². The maximum atomic E-state index is 13.1. The quantitative estimate of drug-likeness (QED) is 0.852. The first-order chi connectivity index (χ1) is 13.6. The van der Waals surface area contributed by atoms with E-state index in [0.717, 1.165) is 69.8 Å². The van der Waals surface area contributed by atoms with Gasteiger partial charge in [-0.25, -0.2) is 9.37 Å². The molecule has 0 amide bonds. The van der Waals surface area contributed by atoms with Gasteiger partial charge in [0, 0.05) is 32.4 Å². The third kappa shape index (κ3) is 4.53. The number of aliphatic hydroxyl groups is 1. The highest BCUT2D eigenvalue weighted by molar-refractivity contribution is 5.38. The molecule has 2 fully saturated rings. The Bertz CT molecular complexity index is 736. The fraction of sp³-hybridized carbons (Fsp3) is 0.522. The van der Waals surface area contributed by atoms with E-state index in [1.807, 2.05) is 18.3 Å². The summed E-state index contributed by atoms with van der Waals surface area (Å²) < 4.78 is 13.1. The van der Waals surface area contributed by atoms with Gasteiger partial charge in [-0.2, -0.15) is 0 Å². The van der Waals surface area contributed by atoms with E-state index in [1.54, 1.807) is 12.1 Å². The van der Waals surface area contributed by atoms with Crippen LogP contribution < -0.4 is 4.90 Å². The highest BCUT2D eigenvalue weighted by atomic mass is 19.1. The lowest BCUT2D eigenvalue weighted by Gasteiger charge is -2.38. The first kappa shape index (κ1) is 19.3. The predicted octanol–water partition coefficient (Wildman–Crippen LogP) is 3.81. The minimum atomic E-state index is -0.779. The monoisotopic (exact) mass is 383 g/mol. The number of benzene rings is 1. The Labute approximate surface area is 167 Å². The molecule has 0 atom stereocenters. The molecule has 2 heterocycles. The molecule has 2 aromatic rings. The summed E-state index contributed by atoms with van der Waals surface area (Å²) >= 11 is 0. The topological polar surface area (TPSA) is 39.6 Å². The standard InChI is InChI=1S/C23H30FN3O/c24-21-6-4-20(5-7-21)23(28)11-8-19(9-12-23)10-14-26-15-17-27(18-16-26)22-3-1-2-13-25-22/h1-7,13,19,28H,8-12,14-18H2. The lowest BCUT2D eigenvalue weighted by atomic mass is 9.74. The molecule has 0 radical (unpaired) electrons. The van der Waals surface area contributed by atoms with Crippen LogP contribution in [0.2, 0.25) is 0 Å². The number of aromatic nitrogens is 1. The largest absolute Gasteiger partial charge is 0.385 e. The normalized spacial score (nSPS) is 26.4. The van der Waals surface area contributed by atoms with E-state index in [-0.39, 0.29) is 5.82 Å². The zero-order valence-electron chi connectivity index (χ0n) is 16.4. The van der Waals surface area contributed by atoms with E-state index < -0.39 is 5.60 Å². The molecule has 28 heavy (non-hydrogen) atoms. The highest BCUT2D eigenvalue weighted by Gasteiger charge is 2.34. The molecule has 1 N–H and O–H groups in total. The zero-order valence-corrected chi connectivity index (χ0v) is 16.4. The number of rotatable bonds is 5. The Morgan fingerprint density at radius 2 is 1.71 bits per heavy atom. The van der Waals surface area contributed by atoms with Gasteiger partial charge in [0.1, 0.15) is 11.6 Å². The molecule has 1 aliphatic heterocycles. The van der Waals surface area contributed by atoms with Crippen LogP contribution in [0.3, 0.4) is 0 Å². The van der Waals surface area contributed by atoms with Crippen molar-refractivity contribution in [3.8, 4) is 0 Å². The predicted molar refractivity (Wildman–Crippen MR) is 110 cm³/mol. The van der Waals surface area contributed by atoms with Gasteiger partial charge in [0.25, 0.3) is 0 Å². The fourth-order valence-electron chi connectivity index (χ4n) is 4.60. The van der Waals surface area contributed by atoms with Crippen LogP contribution in [-0.2, 0) is 5.60 Å². The second kappa shape index (κ2) is 8.58. The van der Waals surface area contributed by atoms with Crippen molar-refractivity contribution in [3.05, 3.63) is 60.0 Å². The van der Waals surface area contributed by atoms with Crippen LogP contribution in [0, 0.1) is 11.7 Å². The van der Waals surface area contributed by atoms with Gasteiger partial charge >= 0.3 is 0 Å². The molecule has 0 spiro atoms. The van der Waals surface area contributed by atoms with Gasteiger partial charge in [0.05, 0.1) is 5.60 Å². The summed E-state index contributed by atoms with van der Waals surface area (Å²) in [6.07, 6.45) is 6.69. The van der Waals surface area contributed by atoms with Crippen molar-refractivity contribution in [2.24, 2.45) is 5.92 Å². The van der Waals surface area contributed by atoms with Gasteiger partial charge in [-0.1, -0.05) is 18.2 Å². The van der Waals surface area contributed by atoms with E-state index >= 15 is 0 Å². The Balaban J connectivity index is 1.20. The first-order valence-corrected chi connectivity index (χ1v) is 10.5. The second-order valence-corrected chi connectivity index (χ2v) is 8.29. The number of halogens is 1. The van der Waals surface area contributed by atoms with Crippen molar-refractivity contribution >= 4 is 5.82 Å². The van der Waals surface area contributed by atoms with E-state index in [9.17, 15) is 9.50 Å². The average molecular weight is 384 g/mol. The summed E-state index contributed by atoms with van der Waals surface area (Å²) in [6, 6.07) is 12.5. The molecule has 4 nitrogen and oxygen atoms in total. The number of hydrogen-bond donors (Lipinski definition) is 1.